The summed E-state index contributed by atoms with van der Waals surface area (Å²) < 4.78 is 59.8. The molecule has 40 heavy (non-hydrogen) atoms. The average Bonchev–Trinajstić information content (AvgIpc) is 2.90. The third-order valence-electron chi connectivity index (χ3n) is 8.59. The van der Waals surface area contributed by atoms with E-state index in [0.29, 0.717) is 12.8 Å². The minimum absolute atomic E-state index is 0.0853. The minimum atomic E-state index is -0.822. The van der Waals surface area contributed by atoms with Crippen LogP contribution in [-0.2, 0) is 47.4 Å². The Morgan fingerprint density at radius 1 is 0.500 bits per heavy atom. The molecule has 4 saturated heterocycles. The molecular weight excluding hydrogens is 528 g/mol. The van der Waals surface area contributed by atoms with Crippen molar-refractivity contribution in [3.63, 3.8) is 0 Å². The number of rotatable bonds is 9. The lowest BCUT2D eigenvalue weighted by atomic mass is 9.98. The quantitative estimate of drug-likeness (QED) is 0.411. The summed E-state index contributed by atoms with van der Waals surface area (Å²) >= 11 is 0. The van der Waals surface area contributed by atoms with Crippen LogP contribution >= 0.6 is 0 Å². The number of hydrogen-bond acceptors (Lipinski definition) is 12. The van der Waals surface area contributed by atoms with E-state index in [9.17, 15) is 10.2 Å². The number of ether oxygens (including phenoxy) is 10. The Balaban J connectivity index is 1.31. The highest BCUT2D eigenvalue weighted by molar-refractivity contribution is 4.90. The fourth-order valence-electron chi connectivity index (χ4n) is 6.37. The van der Waals surface area contributed by atoms with Gasteiger partial charge in [0.2, 0.25) is 0 Å². The molecule has 0 aromatic heterocycles. The van der Waals surface area contributed by atoms with Gasteiger partial charge in [0.15, 0.2) is 18.9 Å². The zero-order valence-corrected chi connectivity index (χ0v) is 25.0. The molecule has 0 bridgehead atoms. The van der Waals surface area contributed by atoms with E-state index in [2.05, 4.69) is 0 Å². The average molecular weight is 579 g/mol. The van der Waals surface area contributed by atoms with Gasteiger partial charge in [0.05, 0.1) is 54.9 Å². The van der Waals surface area contributed by atoms with E-state index in [1.807, 2.05) is 27.7 Å². The molecule has 16 atom stereocenters. The van der Waals surface area contributed by atoms with Crippen molar-refractivity contribution in [3.8, 4) is 0 Å². The maximum Gasteiger partial charge on any atom is 0.161 e. The normalized spacial score (nSPS) is 50.5. The van der Waals surface area contributed by atoms with Crippen LogP contribution in [0, 0.1) is 0 Å². The summed E-state index contributed by atoms with van der Waals surface area (Å²) in [5.74, 6) is 0. The predicted octanol–water partition coefficient (Wildman–Crippen LogP) is 1.51. The number of aliphatic hydroxyl groups excluding tert-OH is 2. The van der Waals surface area contributed by atoms with Crippen molar-refractivity contribution in [2.45, 2.75) is 159 Å². The molecule has 2 unspecified atom stereocenters. The first-order chi connectivity index (χ1) is 19.0. The summed E-state index contributed by atoms with van der Waals surface area (Å²) in [6, 6.07) is 0. The topological polar surface area (TPSA) is 133 Å². The van der Waals surface area contributed by atoms with Crippen molar-refractivity contribution >= 4 is 0 Å². The van der Waals surface area contributed by atoms with Gasteiger partial charge in [-0.3, -0.25) is 0 Å². The Hall–Kier alpha value is -0.480. The number of hydrogen-bond donors (Lipinski definition) is 2. The molecule has 4 heterocycles. The minimum Gasteiger partial charge on any atom is -0.390 e. The van der Waals surface area contributed by atoms with Gasteiger partial charge in [0.25, 0.3) is 0 Å². The second-order valence-electron chi connectivity index (χ2n) is 11.6. The van der Waals surface area contributed by atoms with E-state index in [-0.39, 0.29) is 49.1 Å². The first-order valence-corrected chi connectivity index (χ1v) is 14.6. The summed E-state index contributed by atoms with van der Waals surface area (Å²) in [7, 11) is 4.86. The highest BCUT2D eigenvalue weighted by Gasteiger charge is 2.46. The molecule has 12 nitrogen and oxygen atoms in total. The van der Waals surface area contributed by atoms with E-state index in [1.165, 1.54) is 0 Å². The van der Waals surface area contributed by atoms with E-state index in [0.717, 1.165) is 6.42 Å². The lowest BCUT2D eigenvalue weighted by Crippen LogP contribution is -2.57. The highest BCUT2D eigenvalue weighted by Crippen LogP contribution is 2.34. The molecule has 234 valence electrons. The fraction of sp³-hybridized carbons (Fsp3) is 1.00. The Morgan fingerprint density at radius 2 is 0.925 bits per heavy atom. The van der Waals surface area contributed by atoms with Gasteiger partial charge in [-0.25, -0.2) is 0 Å². The molecular formula is C28H50O12. The van der Waals surface area contributed by atoms with Crippen LogP contribution in [0.25, 0.3) is 0 Å². The molecule has 4 fully saturated rings. The molecule has 0 radical (unpaired) electrons. The van der Waals surface area contributed by atoms with Crippen LogP contribution in [0.1, 0.15) is 60.3 Å². The van der Waals surface area contributed by atoms with Gasteiger partial charge in [-0.2, -0.15) is 0 Å². The molecule has 0 saturated carbocycles. The van der Waals surface area contributed by atoms with Crippen LogP contribution in [0.3, 0.4) is 0 Å². The maximum atomic E-state index is 11.0. The summed E-state index contributed by atoms with van der Waals surface area (Å²) in [5, 5.41) is 21.3. The van der Waals surface area contributed by atoms with Crippen molar-refractivity contribution in [1.82, 2.24) is 0 Å². The van der Waals surface area contributed by atoms with Gasteiger partial charge in [-0.15, -0.1) is 0 Å². The molecule has 0 amide bonds. The largest absolute Gasteiger partial charge is 0.390 e. The van der Waals surface area contributed by atoms with Gasteiger partial charge in [-0.05, 0) is 34.6 Å². The first kappa shape index (κ1) is 32.4. The zero-order chi connectivity index (χ0) is 29.1. The lowest BCUT2D eigenvalue weighted by molar-refractivity contribution is -0.341. The third-order valence-corrected chi connectivity index (χ3v) is 8.59. The first-order valence-electron chi connectivity index (χ1n) is 14.6. The molecule has 2 N–H and O–H groups in total. The van der Waals surface area contributed by atoms with Crippen molar-refractivity contribution < 1.29 is 57.6 Å². The van der Waals surface area contributed by atoms with Crippen LogP contribution in [0.15, 0.2) is 0 Å². The maximum absolute atomic E-state index is 11.0. The fourth-order valence-corrected chi connectivity index (χ4v) is 6.37. The van der Waals surface area contributed by atoms with Crippen LogP contribution in [0.2, 0.25) is 0 Å². The summed E-state index contributed by atoms with van der Waals surface area (Å²) in [6.45, 7) is 9.52. The molecule has 0 aromatic carbocycles. The monoisotopic (exact) mass is 578 g/mol. The third kappa shape index (κ3) is 7.53. The highest BCUT2D eigenvalue weighted by atomic mass is 16.7. The van der Waals surface area contributed by atoms with Crippen molar-refractivity contribution in [3.05, 3.63) is 0 Å². The molecule has 4 rings (SSSR count). The molecule has 0 aromatic rings. The number of aliphatic hydroxyl groups is 2. The molecule has 12 heteroatoms. The van der Waals surface area contributed by atoms with Crippen LogP contribution in [0.5, 0.6) is 0 Å². The summed E-state index contributed by atoms with van der Waals surface area (Å²) in [4.78, 5) is 0. The Labute approximate surface area is 237 Å². The summed E-state index contributed by atoms with van der Waals surface area (Å²) in [6.07, 6.45) is -5.12. The van der Waals surface area contributed by atoms with E-state index in [1.54, 1.807) is 28.3 Å². The molecule has 4 aliphatic rings. The van der Waals surface area contributed by atoms with Crippen molar-refractivity contribution in [1.29, 1.82) is 0 Å². The lowest BCUT2D eigenvalue weighted by Gasteiger charge is -2.46. The Kier molecular flexibility index (Phi) is 11.6. The van der Waals surface area contributed by atoms with E-state index in [4.69, 9.17) is 47.4 Å². The van der Waals surface area contributed by atoms with Crippen LogP contribution < -0.4 is 0 Å². The van der Waals surface area contributed by atoms with Gasteiger partial charge in [0, 0.05) is 47.0 Å². The summed E-state index contributed by atoms with van der Waals surface area (Å²) in [5.41, 5.74) is 0. The van der Waals surface area contributed by atoms with E-state index < -0.39 is 55.5 Å². The zero-order valence-electron chi connectivity index (χ0n) is 25.0. The van der Waals surface area contributed by atoms with Crippen LogP contribution in [0.4, 0.5) is 0 Å². The Morgan fingerprint density at radius 3 is 1.48 bits per heavy atom. The SMILES string of the molecule is CO[C@H]1CC(O[C@H]2[C@H](O)C[C@H](O[C@H]3[C@@H](OC)C[C@H](C)O[C@@H]3C)O[C@@H]2C)O[C@H](C)[C@H]1O[C@H]1C[C@@H](OC)[C@H](O)C(C)O1. The molecule has 0 spiro atoms. The molecule has 0 aliphatic carbocycles. The van der Waals surface area contributed by atoms with Gasteiger partial charge in [-0.1, -0.05) is 0 Å². The van der Waals surface area contributed by atoms with E-state index >= 15 is 0 Å². The van der Waals surface area contributed by atoms with Gasteiger partial charge >= 0.3 is 0 Å². The standard InChI is InChI=1S/C28H50O12/c1-13-9-20(32-7)27(16(4)34-13)39-22-10-18(29)26(15(3)36-22)38-24-12-21(33-8)28(17(5)37-24)40-23-11-19(31-6)25(30)14(2)35-23/h13-30H,9-12H2,1-8H3/t13-,14?,15+,16+,17+,18+,19+,20-,21-,22-,23-,24?,25+,26+,27+,28+/m0/s1. The molecule has 4 aliphatic heterocycles. The number of methoxy groups -OCH3 is 3. The second kappa shape index (κ2) is 14.3. The van der Waals surface area contributed by atoms with Gasteiger partial charge < -0.3 is 57.6 Å². The predicted molar refractivity (Wildman–Crippen MR) is 141 cm³/mol. The van der Waals surface area contributed by atoms with Gasteiger partial charge in [0.1, 0.15) is 24.4 Å². The smallest absolute Gasteiger partial charge is 0.161 e. The van der Waals surface area contributed by atoms with Crippen molar-refractivity contribution in [2.75, 3.05) is 21.3 Å². The van der Waals surface area contributed by atoms with Crippen LogP contribution in [-0.4, -0.2) is 130 Å². The second-order valence-corrected chi connectivity index (χ2v) is 11.6. The van der Waals surface area contributed by atoms with Crippen molar-refractivity contribution in [2.24, 2.45) is 0 Å². The Bertz CT molecular complexity index is 762.